The molecule has 5 nitrogen and oxygen atoms in total. The van der Waals surface area contributed by atoms with Crippen LogP contribution in [0.1, 0.15) is 39.4 Å². The number of aromatic nitrogens is 1. The van der Waals surface area contributed by atoms with E-state index in [1.165, 1.54) is 0 Å². The first-order valence-corrected chi connectivity index (χ1v) is 11.8. The van der Waals surface area contributed by atoms with E-state index < -0.39 is 5.97 Å². The van der Waals surface area contributed by atoms with Crippen LogP contribution >= 0.6 is 15.9 Å². The highest BCUT2D eigenvalue weighted by molar-refractivity contribution is 9.10. The highest BCUT2D eigenvalue weighted by Gasteiger charge is 2.22. The SMILES string of the molecule is Cc1ccccc1C(CNC(=O)c1c(C)c(-c2ccccc2)nc2ccc(Br)cc12)CC(=O)O. The molecule has 0 fully saturated rings. The Morgan fingerprint density at radius 1 is 1.00 bits per heavy atom. The normalized spacial score (nSPS) is 11.9. The van der Waals surface area contributed by atoms with Crippen molar-refractivity contribution in [2.45, 2.75) is 26.2 Å². The van der Waals surface area contributed by atoms with Gasteiger partial charge >= 0.3 is 5.97 Å². The molecule has 0 aliphatic rings. The third-order valence-corrected chi connectivity index (χ3v) is 6.52. The molecule has 0 spiro atoms. The number of hydrogen-bond acceptors (Lipinski definition) is 3. The van der Waals surface area contributed by atoms with Gasteiger partial charge in [0.2, 0.25) is 0 Å². The predicted octanol–water partition coefficient (Wildman–Crippen LogP) is 6.27. The molecule has 1 heterocycles. The molecule has 0 saturated heterocycles. The highest BCUT2D eigenvalue weighted by Crippen LogP contribution is 2.31. The summed E-state index contributed by atoms with van der Waals surface area (Å²) in [5, 5.41) is 13.2. The van der Waals surface area contributed by atoms with Gasteiger partial charge in [-0.1, -0.05) is 70.5 Å². The molecule has 1 amide bonds. The Kier molecular flexibility index (Phi) is 7.08. The number of rotatable bonds is 7. The fourth-order valence-corrected chi connectivity index (χ4v) is 4.71. The number of carboxylic acids is 1. The van der Waals surface area contributed by atoms with Crippen LogP contribution in [-0.2, 0) is 4.79 Å². The van der Waals surface area contributed by atoms with E-state index in [0.717, 1.165) is 43.3 Å². The number of fused-ring (bicyclic) bond motifs is 1. The molecule has 0 aliphatic heterocycles. The van der Waals surface area contributed by atoms with Crippen LogP contribution in [0.3, 0.4) is 0 Å². The van der Waals surface area contributed by atoms with Crippen molar-refractivity contribution in [2.24, 2.45) is 0 Å². The van der Waals surface area contributed by atoms with Gasteiger partial charge in [0.25, 0.3) is 5.91 Å². The number of carboxylic acid groups (broad SMARTS) is 1. The van der Waals surface area contributed by atoms with Gasteiger partial charge in [0, 0.05) is 27.9 Å². The Labute approximate surface area is 207 Å². The zero-order valence-electron chi connectivity index (χ0n) is 19.0. The Bertz CT molecular complexity index is 1370. The van der Waals surface area contributed by atoms with Crippen molar-refractivity contribution in [1.29, 1.82) is 0 Å². The molecule has 34 heavy (non-hydrogen) atoms. The molecular weight excluding hydrogens is 492 g/mol. The van der Waals surface area contributed by atoms with Gasteiger partial charge in [0.15, 0.2) is 0 Å². The summed E-state index contributed by atoms with van der Waals surface area (Å²) in [6.45, 7) is 4.07. The molecule has 0 saturated carbocycles. The van der Waals surface area contributed by atoms with Crippen molar-refractivity contribution in [2.75, 3.05) is 6.54 Å². The molecule has 4 rings (SSSR count). The van der Waals surface area contributed by atoms with E-state index in [4.69, 9.17) is 4.98 Å². The first-order chi connectivity index (χ1) is 16.3. The summed E-state index contributed by atoms with van der Waals surface area (Å²) in [5.41, 5.74) is 5.66. The van der Waals surface area contributed by atoms with E-state index in [1.807, 2.05) is 86.6 Å². The smallest absolute Gasteiger partial charge is 0.304 e. The molecule has 2 N–H and O–H groups in total. The maximum atomic E-state index is 13.6. The van der Waals surface area contributed by atoms with Crippen molar-refractivity contribution in [3.05, 3.63) is 99.5 Å². The molecule has 0 radical (unpaired) electrons. The van der Waals surface area contributed by atoms with Crippen LogP contribution in [-0.4, -0.2) is 28.5 Å². The zero-order chi connectivity index (χ0) is 24.2. The molecule has 1 atom stereocenters. The molecule has 0 bridgehead atoms. The van der Waals surface area contributed by atoms with Crippen molar-refractivity contribution < 1.29 is 14.7 Å². The maximum absolute atomic E-state index is 13.6. The molecule has 1 unspecified atom stereocenters. The standard InChI is InChI=1S/C28H25BrN2O3/c1-17-8-6-7-11-22(17)20(14-25(32)33)16-30-28(34)26-18(2)27(19-9-4-3-5-10-19)31-24-13-12-21(29)15-23(24)26/h3-13,15,20H,14,16H2,1-2H3,(H,30,34)(H,32,33). The molecule has 172 valence electrons. The maximum Gasteiger partial charge on any atom is 0.304 e. The van der Waals surface area contributed by atoms with Crippen molar-refractivity contribution in [3.63, 3.8) is 0 Å². The van der Waals surface area contributed by atoms with Crippen molar-refractivity contribution in [1.82, 2.24) is 10.3 Å². The monoisotopic (exact) mass is 516 g/mol. The van der Waals surface area contributed by atoms with Gasteiger partial charge in [0.05, 0.1) is 23.2 Å². The summed E-state index contributed by atoms with van der Waals surface area (Å²) >= 11 is 3.51. The number of amides is 1. The lowest BCUT2D eigenvalue weighted by Crippen LogP contribution is -2.30. The summed E-state index contributed by atoms with van der Waals surface area (Å²) < 4.78 is 0.853. The number of pyridine rings is 1. The summed E-state index contributed by atoms with van der Waals surface area (Å²) in [6.07, 6.45) is -0.0674. The quantitative estimate of drug-likeness (QED) is 0.303. The number of halogens is 1. The molecular formula is C28H25BrN2O3. The van der Waals surface area contributed by atoms with Crippen molar-refractivity contribution in [3.8, 4) is 11.3 Å². The Hall–Kier alpha value is -3.51. The molecule has 1 aromatic heterocycles. The molecule has 0 aliphatic carbocycles. The van der Waals surface area contributed by atoms with Gasteiger partial charge in [0.1, 0.15) is 0 Å². The van der Waals surface area contributed by atoms with Crippen LogP contribution in [0, 0.1) is 13.8 Å². The third-order valence-electron chi connectivity index (χ3n) is 6.02. The first-order valence-electron chi connectivity index (χ1n) is 11.1. The molecule has 6 heteroatoms. The number of nitrogens with zero attached hydrogens (tertiary/aromatic N) is 1. The largest absolute Gasteiger partial charge is 0.481 e. The minimum Gasteiger partial charge on any atom is -0.481 e. The van der Waals surface area contributed by atoms with Gasteiger partial charge < -0.3 is 10.4 Å². The average Bonchev–Trinajstić information content (AvgIpc) is 2.82. The molecule has 3 aromatic carbocycles. The van der Waals surface area contributed by atoms with E-state index in [9.17, 15) is 14.7 Å². The Morgan fingerprint density at radius 3 is 2.41 bits per heavy atom. The third kappa shape index (κ3) is 5.02. The Morgan fingerprint density at radius 2 is 1.71 bits per heavy atom. The number of nitrogens with one attached hydrogen (secondary N) is 1. The second kappa shape index (κ2) is 10.2. The minimum absolute atomic E-state index is 0.0674. The van der Waals surface area contributed by atoms with Crippen LogP contribution in [0.5, 0.6) is 0 Å². The summed E-state index contributed by atoms with van der Waals surface area (Å²) in [6, 6.07) is 23.2. The summed E-state index contributed by atoms with van der Waals surface area (Å²) in [5.74, 6) is -1.48. The number of benzene rings is 3. The molecule has 4 aromatic rings. The lowest BCUT2D eigenvalue weighted by atomic mass is 9.91. The van der Waals surface area contributed by atoms with E-state index in [1.54, 1.807) is 0 Å². The van der Waals surface area contributed by atoms with Crippen LogP contribution < -0.4 is 5.32 Å². The number of aryl methyl sites for hydroxylation is 1. The zero-order valence-corrected chi connectivity index (χ0v) is 20.6. The number of carbonyl (C=O) groups excluding carboxylic acids is 1. The van der Waals surface area contributed by atoms with Gasteiger partial charge in [-0.2, -0.15) is 0 Å². The average molecular weight is 517 g/mol. The fourth-order valence-electron chi connectivity index (χ4n) is 4.35. The van der Waals surface area contributed by atoms with E-state index in [0.29, 0.717) is 5.56 Å². The summed E-state index contributed by atoms with van der Waals surface area (Å²) in [4.78, 5) is 30.0. The Balaban J connectivity index is 1.74. The van der Waals surface area contributed by atoms with Gasteiger partial charge in [-0.25, -0.2) is 4.98 Å². The van der Waals surface area contributed by atoms with E-state index in [-0.39, 0.29) is 24.8 Å². The number of carbonyl (C=O) groups is 2. The van der Waals surface area contributed by atoms with E-state index in [2.05, 4.69) is 21.2 Å². The lowest BCUT2D eigenvalue weighted by molar-refractivity contribution is -0.137. The number of hydrogen-bond donors (Lipinski definition) is 2. The predicted molar refractivity (Wildman–Crippen MR) is 138 cm³/mol. The first kappa shape index (κ1) is 23.6. The second-order valence-corrected chi connectivity index (χ2v) is 9.26. The fraction of sp³-hybridized carbons (Fsp3) is 0.179. The topological polar surface area (TPSA) is 79.3 Å². The van der Waals surface area contributed by atoms with Crippen LogP contribution in [0.25, 0.3) is 22.2 Å². The van der Waals surface area contributed by atoms with Crippen LogP contribution in [0.4, 0.5) is 0 Å². The van der Waals surface area contributed by atoms with Crippen molar-refractivity contribution >= 4 is 38.7 Å². The van der Waals surface area contributed by atoms with Gasteiger partial charge in [-0.05, 0) is 48.7 Å². The summed E-state index contributed by atoms with van der Waals surface area (Å²) in [7, 11) is 0. The minimum atomic E-state index is -0.900. The number of aliphatic carboxylic acids is 1. The van der Waals surface area contributed by atoms with E-state index >= 15 is 0 Å². The van der Waals surface area contributed by atoms with Crippen LogP contribution in [0.2, 0.25) is 0 Å². The van der Waals surface area contributed by atoms with Crippen LogP contribution in [0.15, 0.2) is 77.3 Å². The second-order valence-electron chi connectivity index (χ2n) is 8.35. The van der Waals surface area contributed by atoms with Gasteiger partial charge in [-0.3, -0.25) is 9.59 Å². The lowest BCUT2D eigenvalue weighted by Gasteiger charge is -2.20. The highest BCUT2D eigenvalue weighted by atomic mass is 79.9. The van der Waals surface area contributed by atoms with Gasteiger partial charge in [-0.15, -0.1) is 0 Å².